The number of aryl methyl sites for hydroxylation is 2. The van der Waals surface area contributed by atoms with Gasteiger partial charge in [-0.05, 0) is 50.2 Å². The van der Waals surface area contributed by atoms with Crippen molar-refractivity contribution in [2.75, 3.05) is 20.7 Å². The first kappa shape index (κ1) is 18.6. The summed E-state index contributed by atoms with van der Waals surface area (Å²) in [5.74, 6) is 1.47. The molecule has 146 valence electrons. The molecule has 0 radical (unpaired) electrons. The third kappa shape index (κ3) is 3.62. The Morgan fingerprint density at radius 1 is 1.11 bits per heavy atom. The van der Waals surface area contributed by atoms with Crippen LogP contribution in [0.1, 0.15) is 27.9 Å². The molecule has 0 bridgehead atoms. The number of aromatic amines is 1. The Labute approximate surface area is 166 Å². The van der Waals surface area contributed by atoms with E-state index in [4.69, 9.17) is 9.47 Å². The number of hydrogen-bond acceptors (Lipinski definition) is 4. The molecule has 0 amide bonds. The normalized spacial score (nSPS) is 14.0. The first-order valence-corrected chi connectivity index (χ1v) is 9.67. The maximum Gasteiger partial charge on any atom is 0.161 e. The van der Waals surface area contributed by atoms with E-state index in [0.29, 0.717) is 6.61 Å². The first-order chi connectivity index (χ1) is 13.5. The van der Waals surface area contributed by atoms with E-state index in [1.165, 1.54) is 27.9 Å². The number of likely N-dealkylation sites (N-methyl/N-ethyl adjacent to an activating group) is 1. The zero-order chi connectivity index (χ0) is 19.7. The number of nitrogens with one attached hydrogen (secondary N) is 1. The van der Waals surface area contributed by atoms with Crippen LogP contribution in [-0.2, 0) is 19.6 Å². The SMILES string of the molecule is COc1cc(-c2n[nH]c3c2CN(C)CC3)ccc1OCc1cc(C)ccc1C. The van der Waals surface area contributed by atoms with Crippen molar-refractivity contribution in [2.24, 2.45) is 0 Å². The Kier molecular flexibility index (Phi) is 5.09. The second-order valence-electron chi connectivity index (χ2n) is 7.60. The molecule has 1 N–H and O–H groups in total. The summed E-state index contributed by atoms with van der Waals surface area (Å²) >= 11 is 0. The van der Waals surface area contributed by atoms with Gasteiger partial charge >= 0.3 is 0 Å². The van der Waals surface area contributed by atoms with Crippen molar-refractivity contribution >= 4 is 0 Å². The number of methoxy groups -OCH3 is 1. The Hall–Kier alpha value is -2.79. The van der Waals surface area contributed by atoms with Crippen LogP contribution in [-0.4, -0.2) is 35.8 Å². The lowest BCUT2D eigenvalue weighted by Gasteiger charge is -2.22. The molecule has 0 atom stereocenters. The van der Waals surface area contributed by atoms with Crippen molar-refractivity contribution in [3.05, 3.63) is 64.3 Å². The minimum absolute atomic E-state index is 0.520. The lowest BCUT2D eigenvalue weighted by Crippen LogP contribution is -2.26. The van der Waals surface area contributed by atoms with E-state index in [2.05, 4.69) is 60.3 Å². The highest BCUT2D eigenvalue weighted by molar-refractivity contribution is 5.68. The quantitative estimate of drug-likeness (QED) is 0.721. The summed E-state index contributed by atoms with van der Waals surface area (Å²) in [7, 11) is 3.82. The number of fused-ring (bicyclic) bond motifs is 1. The van der Waals surface area contributed by atoms with E-state index in [1.807, 2.05) is 12.1 Å². The second kappa shape index (κ2) is 7.68. The monoisotopic (exact) mass is 377 g/mol. The Morgan fingerprint density at radius 3 is 2.79 bits per heavy atom. The molecular weight excluding hydrogens is 350 g/mol. The molecule has 0 saturated heterocycles. The first-order valence-electron chi connectivity index (χ1n) is 9.67. The van der Waals surface area contributed by atoms with Gasteiger partial charge in [-0.3, -0.25) is 5.10 Å². The van der Waals surface area contributed by atoms with E-state index in [9.17, 15) is 0 Å². The fourth-order valence-electron chi connectivity index (χ4n) is 3.71. The number of hydrogen-bond donors (Lipinski definition) is 1. The molecule has 0 fully saturated rings. The van der Waals surface area contributed by atoms with Gasteiger partial charge in [0.2, 0.25) is 0 Å². The van der Waals surface area contributed by atoms with Crippen molar-refractivity contribution in [3.63, 3.8) is 0 Å². The third-order valence-corrected chi connectivity index (χ3v) is 5.45. The molecule has 1 aliphatic heterocycles. The van der Waals surface area contributed by atoms with Gasteiger partial charge in [-0.15, -0.1) is 0 Å². The van der Waals surface area contributed by atoms with Crippen molar-refractivity contribution in [3.8, 4) is 22.8 Å². The second-order valence-corrected chi connectivity index (χ2v) is 7.60. The summed E-state index contributed by atoms with van der Waals surface area (Å²) in [5, 5.41) is 7.78. The minimum Gasteiger partial charge on any atom is -0.493 e. The smallest absolute Gasteiger partial charge is 0.161 e. The molecule has 0 aliphatic carbocycles. The number of nitrogens with zero attached hydrogens (tertiary/aromatic N) is 2. The van der Waals surface area contributed by atoms with Crippen LogP contribution in [0.5, 0.6) is 11.5 Å². The van der Waals surface area contributed by atoms with Gasteiger partial charge in [0.05, 0.1) is 12.8 Å². The largest absolute Gasteiger partial charge is 0.493 e. The molecule has 5 nitrogen and oxygen atoms in total. The van der Waals surface area contributed by atoms with E-state index >= 15 is 0 Å². The summed E-state index contributed by atoms with van der Waals surface area (Å²) in [6.45, 7) is 6.69. The highest BCUT2D eigenvalue weighted by Crippen LogP contribution is 2.35. The summed E-state index contributed by atoms with van der Waals surface area (Å²) in [6, 6.07) is 12.5. The fraction of sp³-hybridized carbons (Fsp3) is 0.348. The predicted octanol–water partition coefficient (Wildman–Crippen LogP) is 4.27. The standard InChI is InChI=1S/C23H27N3O2/c1-15-5-6-16(2)18(11-15)14-28-21-8-7-17(12-22(21)27-4)23-19-13-26(3)10-9-20(19)24-25-23/h5-8,11-12H,9-10,13-14H2,1-4H3,(H,24,25). The molecule has 4 rings (SSSR count). The molecule has 2 aromatic carbocycles. The Balaban J connectivity index is 1.59. The van der Waals surface area contributed by atoms with Gasteiger partial charge in [-0.1, -0.05) is 23.8 Å². The zero-order valence-electron chi connectivity index (χ0n) is 17.0. The average molecular weight is 377 g/mol. The van der Waals surface area contributed by atoms with E-state index < -0.39 is 0 Å². The number of rotatable bonds is 5. The Morgan fingerprint density at radius 2 is 1.96 bits per heavy atom. The van der Waals surface area contributed by atoms with Gasteiger partial charge in [-0.2, -0.15) is 5.10 Å². The predicted molar refractivity (Wildman–Crippen MR) is 111 cm³/mol. The molecule has 0 saturated carbocycles. The van der Waals surface area contributed by atoms with Crippen LogP contribution in [0.4, 0.5) is 0 Å². The number of aromatic nitrogens is 2. The van der Waals surface area contributed by atoms with Crippen molar-refractivity contribution in [2.45, 2.75) is 33.4 Å². The van der Waals surface area contributed by atoms with E-state index in [1.54, 1.807) is 7.11 Å². The Bertz CT molecular complexity index is 994. The lowest BCUT2D eigenvalue weighted by molar-refractivity contribution is 0.284. The van der Waals surface area contributed by atoms with Crippen LogP contribution < -0.4 is 9.47 Å². The summed E-state index contributed by atoms with van der Waals surface area (Å²) < 4.78 is 11.7. The molecule has 2 heterocycles. The highest BCUT2D eigenvalue weighted by atomic mass is 16.5. The van der Waals surface area contributed by atoms with Crippen LogP contribution in [0, 0.1) is 13.8 Å². The number of H-pyrrole nitrogens is 1. The van der Waals surface area contributed by atoms with Crippen LogP contribution in [0.2, 0.25) is 0 Å². The fourth-order valence-corrected chi connectivity index (χ4v) is 3.71. The molecule has 3 aromatic rings. The molecule has 28 heavy (non-hydrogen) atoms. The van der Waals surface area contributed by atoms with Gasteiger partial charge in [0.15, 0.2) is 11.5 Å². The molecule has 5 heteroatoms. The van der Waals surface area contributed by atoms with Crippen LogP contribution in [0.15, 0.2) is 36.4 Å². The van der Waals surface area contributed by atoms with Crippen molar-refractivity contribution in [1.82, 2.24) is 15.1 Å². The third-order valence-electron chi connectivity index (χ3n) is 5.45. The maximum atomic E-state index is 6.09. The summed E-state index contributed by atoms with van der Waals surface area (Å²) in [5.41, 5.74) is 8.22. The number of ether oxygens (including phenoxy) is 2. The van der Waals surface area contributed by atoms with Crippen LogP contribution in [0.25, 0.3) is 11.3 Å². The maximum absolute atomic E-state index is 6.09. The van der Waals surface area contributed by atoms with Crippen LogP contribution in [0.3, 0.4) is 0 Å². The minimum atomic E-state index is 0.520. The van der Waals surface area contributed by atoms with E-state index in [0.717, 1.165) is 42.3 Å². The molecule has 1 aromatic heterocycles. The summed E-state index contributed by atoms with van der Waals surface area (Å²) in [6.07, 6.45) is 1.01. The average Bonchev–Trinajstić information content (AvgIpc) is 3.11. The van der Waals surface area contributed by atoms with Gasteiger partial charge < -0.3 is 14.4 Å². The number of benzene rings is 2. The van der Waals surface area contributed by atoms with Crippen molar-refractivity contribution < 1.29 is 9.47 Å². The molecule has 0 spiro atoms. The molecule has 1 aliphatic rings. The highest BCUT2D eigenvalue weighted by Gasteiger charge is 2.21. The van der Waals surface area contributed by atoms with Gasteiger partial charge in [0, 0.05) is 36.3 Å². The van der Waals surface area contributed by atoms with Crippen molar-refractivity contribution in [1.29, 1.82) is 0 Å². The van der Waals surface area contributed by atoms with Gasteiger partial charge in [-0.25, -0.2) is 0 Å². The molecular formula is C23H27N3O2. The van der Waals surface area contributed by atoms with Gasteiger partial charge in [0.1, 0.15) is 6.61 Å². The van der Waals surface area contributed by atoms with Crippen LogP contribution >= 0.6 is 0 Å². The summed E-state index contributed by atoms with van der Waals surface area (Å²) in [4.78, 5) is 2.32. The van der Waals surface area contributed by atoms with E-state index in [-0.39, 0.29) is 0 Å². The topological polar surface area (TPSA) is 50.4 Å². The molecule has 0 unspecified atom stereocenters. The zero-order valence-corrected chi connectivity index (χ0v) is 17.0. The lowest BCUT2D eigenvalue weighted by atomic mass is 10.0. The van der Waals surface area contributed by atoms with Gasteiger partial charge in [0.25, 0.3) is 0 Å².